The summed E-state index contributed by atoms with van der Waals surface area (Å²) in [6.45, 7) is 0.854. The van der Waals surface area contributed by atoms with E-state index in [0.29, 0.717) is 18.1 Å². The van der Waals surface area contributed by atoms with Crippen molar-refractivity contribution in [1.82, 2.24) is 0 Å². The van der Waals surface area contributed by atoms with Crippen LogP contribution in [0, 0.1) is 5.92 Å². The summed E-state index contributed by atoms with van der Waals surface area (Å²) < 4.78 is 37.7. The number of nitrogens with two attached hydrogens (primary N) is 1. The summed E-state index contributed by atoms with van der Waals surface area (Å²) in [7, 11) is 0. The molecule has 1 saturated heterocycles. The number of halogens is 3. The Hall–Kier alpha value is -1.30. The quantitative estimate of drug-likeness (QED) is 0.848. The molecule has 1 aromatic carbocycles. The first-order valence-electron chi connectivity index (χ1n) is 6.09. The van der Waals surface area contributed by atoms with Crippen molar-refractivity contribution in [2.24, 2.45) is 11.7 Å². The zero-order valence-electron chi connectivity index (χ0n) is 10.3. The van der Waals surface area contributed by atoms with Crippen LogP contribution in [0.4, 0.5) is 18.9 Å². The minimum Gasteiger partial charge on any atom is -0.389 e. The molecule has 1 aromatic rings. The number of hydrogen-bond donors (Lipinski definition) is 1. The van der Waals surface area contributed by atoms with Gasteiger partial charge in [-0.2, -0.15) is 13.2 Å². The van der Waals surface area contributed by atoms with Gasteiger partial charge >= 0.3 is 6.18 Å². The highest BCUT2D eigenvalue weighted by Crippen LogP contribution is 2.35. The van der Waals surface area contributed by atoms with E-state index in [9.17, 15) is 13.2 Å². The van der Waals surface area contributed by atoms with Gasteiger partial charge in [0, 0.05) is 24.3 Å². The Balaban J connectivity index is 2.00. The second-order valence-electron chi connectivity index (χ2n) is 4.71. The van der Waals surface area contributed by atoms with E-state index in [1.807, 2.05) is 17.0 Å². The van der Waals surface area contributed by atoms with Crippen LogP contribution in [0.3, 0.4) is 0 Å². The standard InChI is InChI=1S/C13H15F3N2S/c14-13(15,16)10-5-7-18(8-6-10)11-3-1-9(2-4-11)12(17)19/h1-4,10H,5-8H2,(H2,17,19). The lowest BCUT2D eigenvalue weighted by molar-refractivity contribution is -0.179. The lowest BCUT2D eigenvalue weighted by Gasteiger charge is -2.34. The predicted molar refractivity (Wildman–Crippen MR) is 73.3 cm³/mol. The molecule has 2 rings (SSSR count). The van der Waals surface area contributed by atoms with Gasteiger partial charge in [0.15, 0.2) is 0 Å². The van der Waals surface area contributed by atoms with Crippen molar-refractivity contribution >= 4 is 22.9 Å². The topological polar surface area (TPSA) is 29.3 Å². The van der Waals surface area contributed by atoms with Crippen LogP contribution >= 0.6 is 12.2 Å². The molecule has 0 amide bonds. The summed E-state index contributed by atoms with van der Waals surface area (Å²) in [5.41, 5.74) is 7.19. The number of hydrogen-bond acceptors (Lipinski definition) is 2. The largest absolute Gasteiger partial charge is 0.391 e. The molecule has 2 N–H and O–H groups in total. The van der Waals surface area contributed by atoms with Crippen molar-refractivity contribution < 1.29 is 13.2 Å². The molecule has 104 valence electrons. The van der Waals surface area contributed by atoms with E-state index in [0.717, 1.165) is 11.3 Å². The lowest BCUT2D eigenvalue weighted by Crippen LogP contribution is -2.39. The average Bonchev–Trinajstić information content (AvgIpc) is 2.38. The summed E-state index contributed by atoms with van der Waals surface area (Å²) in [5.74, 6) is -1.17. The molecule has 0 saturated carbocycles. The van der Waals surface area contributed by atoms with Crippen LogP contribution in [0.1, 0.15) is 18.4 Å². The monoisotopic (exact) mass is 288 g/mol. The molecule has 0 bridgehead atoms. The molecule has 0 unspecified atom stereocenters. The first-order valence-corrected chi connectivity index (χ1v) is 6.50. The molecule has 0 aromatic heterocycles. The minimum atomic E-state index is -4.07. The highest BCUT2D eigenvalue weighted by atomic mass is 32.1. The van der Waals surface area contributed by atoms with Crippen molar-refractivity contribution in [1.29, 1.82) is 0 Å². The predicted octanol–water partition coefficient (Wildman–Crippen LogP) is 3.10. The lowest BCUT2D eigenvalue weighted by atomic mass is 9.96. The van der Waals surface area contributed by atoms with Crippen LogP contribution in [0.5, 0.6) is 0 Å². The highest BCUT2D eigenvalue weighted by molar-refractivity contribution is 7.80. The number of rotatable bonds is 2. The van der Waals surface area contributed by atoms with Gasteiger partial charge in [0.25, 0.3) is 0 Å². The summed E-state index contributed by atoms with van der Waals surface area (Å²) in [6, 6.07) is 7.30. The van der Waals surface area contributed by atoms with Gasteiger partial charge in [0.05, 0.1) is 5.92 Å². The summed E-state index contributed by atoms with van der Waals surface area (Å²) in [5, 5.41) is 0. The van der Waals surface area contributed by atoms with Gasteiger partial charge in [-0.3, -0.25) is 0 Å². The Morgan fingerprint density at radius 3 is 2.11 bits per heavy atom. The van der Waals surface area contributed by atoms with Gasteiger partial charge < -0.3 is 10.6 Å². The molecule has 1 heterocycles. The number of thiocarbonyl (C=S) groups is 1. The molecule has 6 heteroatoms. The van der Waals surface area contributed by atoms with Crippen molar-refractivity contribution in [2.45, 2.75) is 19.0 Å². The number of piperidine rings is 1. The molecule has 0 spiro atoms. The zero-order valence-corrected chi connectivity index (χ0v) is 11.1. The van der Waals surface area contributed by atoms with Gasteiger partial charge in [-0.1, -0.05) is 12.2 Å². The molecule has 0 atom stereocenters. The number of nitrogens with zero attached hydrogens (tertiary/aromatic N) is 1. The van der Waals surface area contributed by atoms with E-state index in [-0.39, 0.29) is 12.8 Å². The molecular formula is C13H15F3N2S. The maximum atomic E-state index is 12.6. The number of alkyl halides is 3. The van der Waals surface area contributed by atoms with Crippen LogP contribution in [-0.2, 0) is 0 Å². The van der Waals surface area contributed by atoms with Gasteiger partial charge in [-0.05, 0) is 37.1 Å². The van der Waals surface area contributed by atoms with Crippen LogP contribution in [0.2, 0.25) is 0 Å². The second kappa shape index (κ2) is 5.36. The Kier molecular flexibility index (Phi) is 3.99. The molecule has 1 fully saturated rings. The molecule has 1 aliphatic heterocycles. The Bertz CT molecular complexity index is 448. The molecule has 0 aliphatic carbocycles. The first kappa shape index (κ1) is 14.1. The third-order valence-corrected chi connectivity index (χ3v) is 3.71. The zero-order chi connectivity index (χ0) is 14.0. The Labute approximate surface area is 115 Å². The second-order valence-corrected chi connectivity index (χ2v) is 5.15. The van der Waals surface area contributed by atoms with E-state index in [4.69, 9.17) is 18.0 Å². The van der Waals surface area contributed by atoms with Crippen molar-refractivity contribution in [3.05, 3.63) is 29.8 Å². The molecule has 2 nitrogen and oxygen atoms in total. The maximum Gasteiger partial charge on any atom is 0.391 e. The van der Waals surface area contributed by atoms with E-state index in [1.165, 1.54) is 0 Å². The number of anilines is 1. The summed E-state index contributed by atoms with van der Waals surface area (Å²) >= 11 is 4.86. The molecule has 0 radical (unpaired) electrons. The van der Waals surface area contributed by atoms with E-state index in [2.05, 4.69) is 0 Å². The summed E-state index contributed by atoms with van der Waals surface area (Å²) in [6.07, 6.45) is -3.76. The van der Waals surface area contributed by atoms with Gasteiger partial charge in [0.1, 0.15) is 4.99 Å². The fourth-order valence-corrected chi connectivity index (χ4v) is 2.44. The number of benzene rings is 1. The first-order chi connectivity index (χ1) is 8.88. The molecule has 19 heavy (non-hydrogen) atoms. The molecular weight excluding hydrogens is 273 g/mol. The fourth-order valence-electron chi connectivity index (χ4n) is 2.30. The highest BCUT2D eigenvalue weighted by Gasteiger charge is 2.41. The SMILES string of the molecule is NC(=S)c1ccc(N2CCC(C(F)(F)F)CC2)cc1. The van der Waals surface area contributed by atoms with Crippen LogP contribution in [0.25, 0.3) is 0 Å². The Morgan fingerprint density at radius 1 is 1.16 bits per heavy atom. The molecule has 1 aliphatic rings. The Morgan fingerprint density at radius 2 is 1.68 bits per heavy atom. The normalized spacial score (nSPS) is 17.5. The van der Waals surface area contributed by atoms with E-state index < -0.39 is 12.1 Å². The van der Waals surface area contributed by atoms with Gasteiger partial charge in [0.2, 0.25) is 0 Å². The third kappa shape index (κ3) is 3.37. The van der Waals surface area contributed by atoms with Crippen molar-refractivity contribution in [3.8, 4) is 0 Å². The third-order valence-electron chi connectivity index (χ3n) is 3.47. The van der Waals surface area contributed by atoms with Gasteiger partial charge in [-0.25, -0.2) is 0 Å². The fraction of sp³-hybridized carbons (Fsp3) is 0.462. The summed E-state index contributed by atoms with van der Waals surface area (Å²) in [4.78, 5) is 2.29. The minimum absolute atomic E-state index is 0.153. The van der Waals surface area contributed by atoms with E-state index >= 15 is 0 Å². The van der Waals surface area contributed by atoms with Crippen molar-refractivity contribution in [3.63, 3.8) is 0 Å². The maximum absolute atomic E-state index is 12.6. The average molecular weight is 288 g/mol. The van der Waals surface area contributed by atoms with Crippen LogP contribution < -0.4 is 10.6 Å². The van der Waals surface area contributed by atoms with Crippen LogP contribution in [-0.4, -0.2) is 24.3 Å². The van der Waals surface area contributed by atoms with Crippen LogP contribution in [0.15, 0.2) is 24.3 Å². The smallest absolute Gasteiger partial charge is 0.389 e. The van der Waals surface area contributed by atoms with E-state index in [1.54, 1.807) is 12.1 Å². The van der Waals surface area contributed by atoms with Gasteiger partial charge in [-0.15, -0.1) is 0 Å². The van der Waals surface area contributed by atoms with Crippen molar-refractivity contribution in [2.75, 3.05) is 18.0 Å².